The van der Waals surface area contributed by atoms with Gasteiger partial charge in [0.05, 0.1) is 12.6 Å². The number of carbonyl (C=O) groups excluding carboxylic acids is 1. The second kappa shape index (κ2) is 5.34. The van der Waals surface area contributed by atoms with Gasteiger partial charge in [-0.05, 0) is 19.9 Å². The highest BCUT2D eigenvalue weighted by molar-refractivity contribution is 5.67. The van der Waals surface area contributed by atoms with Gasteiger partial charge in [-0.25, -0.2) is 9.18 Å². The predicted octanol–water partition coefficient (Wildman–Crippen LogP) is 2.63. The van der Waals surface area contributed by atoms with Gasteiger partial charge in [0.15, 0.2) is 0 Å². The average molecular weight is 211 g/mol. The standard InChI is InChI=1S/C11H14FNO2/c1-3-15-11(14)13-8(2)9-6-4-5-7-10(9)12/h4-8H,3H2,1-2H3,(H,13,14)/t8-/m1/s1. The van der Waals surface area contributed by atoms with Crippen LogP contribution in [0, 0.1) is 5.82 Å². The molecule has 0 radical (unpaired) electrons. The van der Waals surface area contributed by atoms with Crippen molar-refractivity contribution in [2.45, 2.75) is 19.9 Å². The minimum Gasteiger partial charge on any atom is -0.450 e. The summed E-state index contributed by atoms with van der Waals surface area (Å²) in [5.41, 5.74) is 0.450. The van der Waals surface area contributed by atoms with Crippen molar-refractivity contribution in [2.75, 3.05) is 6.61 Å². The number of ether oxygens (including phenoxy) is 1. The molecule has 0 aliphatic carbocycles. The number of hydrogen-bond donors (Lipinski definition) is 1. The lowest BCUT2D eigenvalue weighted by atomic mass is 10.1. The number of carbonyl (C=O) groups is 1. The molecule has 0 unspecified atom stereocenters. The molecule has 3 nitrogen and oxygen atoms in total. The van der Waals surface area contributed by atoms with E-state index in [-0.39, 0.29) is 5.82 Å². The Morgan fingerprint density at radius 1 is 1.53 bits per heavy atom. The molecule has 0 aromatic heterocycles. The van der Waals surface area contributed by atoms with Crippen LogP contribution in [-0.4, -0.2) is 12.7 Å². The highest BCUT2D eigenvalue weighted by Crippen LogP contribution is 2.15. The van der Waals surface area contributed by atoms with E-state index < -0.39 is 12.1 Å². The topological polar surface area (TPSA) is 38.3 Å². The fraction of sp³-hybridized carbons (Fsp3) is 0.364. The maximum Gasteiger partial charge on any atom is 0.407 e. The van der Waals surface area contributed by atoms with Gasteiger partial charge in [0.1, 0.15) is 5.82 Å². The SMILES string of the molecule is CCOC(=O)N[C@H](C)c1ccccc1F. The van der Waals surface area contributed by atoms with Crippen molar-refractivity contribution in [2.24, 2.45) is 0 Å². The first-order valence-electron chi connectivity index (χ1n) is 4.83. The van der Waals surface area contributed by atoms with Crippen LogP contribution in [0.4, 0.5) is 9.18 Å². The largest absolute Gasteiger partial charge is 0.450 e. The minimum absolute atomic E-state index is 0.301. The summed E-state index contributed by atoms with van der Waals surface area (Å²) in [6.07, 6.45) is -0.534. The number of benzene rings is 1. The summed E-state index contributed by atoms with van der Waals surface area (Å²) in [6, 6.07) is 5.92. The van der Waals surface area contributed by atoms with Crippen LogP contribution >= 0.6 is 0 Å². The number of rotatable bonds is 3. The Hall–Kier alpha value is -1.58. The Bertz CT molecular complexity index is 341. The second-order valence-electron chi connectivity index (χ2n) is 3.11. The smallest absolute Gasteiger partial charge is 0.407 e. The fourth-order valence-electron chi connectivity index (χ4n) is 1.25. The summed E-state index contributed by atoms with van der Waals surface area (Å²) >= 11 is 0. The molecule has 1 aromatic rings. The van der Waals surface area contributed by atoms with E-state index in [4.69, 9.17) is 4.74 Å². The zero-order chi connectivity index (χ0) is 11.3. The summed E-state index contributed by atoms with van der Waals surface area (Å²) in [6.45, 7) is 3.72. The van der Waals surface area contributed by atoms with Crippen molar-refractivity contribution in [1.82, 2.24) is 5.32 Å². The van der Waals surface area contributed by atoms with E-state index in [1.165, 1.54) is 6.07 Å². The van der Waals surface area contributed by atoms with Crippen LogP contribution in [0.1, 0.15) is 25.5 Å². The third-order valence-electron chi connectivity index (χ3n) is 1.98. The minimum atomic E-state index is -0.534. The molecular formula is C11H14FNO2. The summed E-state index contributed by atoms with van der Waals surface area (Å²) in [5.74, 6) is -0.332. The van der Waals surface area contributed by atoms with E-state index in [1.54, 1.807) is 32.0 Å². The van der Waals surface area contributed by atoms with Crippen molar-refractivity contribution in [3.63, 3.8) is 0 Å². The molecule has 1 atom stereocenters. The van der Waals surface area contributed by atoms with E-state index in [0.29, 0.717) is 12.2 Å². The Kier molecular flexibility index (Phi) is 4.09. The van der Waals surface area contributed by atoms with Gasteiger partial charge in [-0.15, -0.1) is 0 Å². The van der Waals surface area contributed by atoms with Crippen molar-refractivity contribution in [3.05, 3.63) is 35.6 Å². The maximum absolute atomic E-state index is 13.3. The number of nitrogens with one attached hydrogen (secondary N) is 1. The Morgan fingerprint density at radius 2 is 2.20 bits per heavy atom. The van der Waals surface area contributed by atoms with Gasteiger partial charge in [-0.3, -0.25) is 0 Å². The van der Waals surface area contributed by atoms with Crippen molar-refractivity contribution in [3.8, 4) is 0 Å². The maximum atomic E-state index is 13.3. The summed E-state index contributed by atoms with van der Waals surface area (Å²) < 4.78 is 18.0. The molecule has 4 heteroatoms. The number of amides is 1. The summed E-state index contributed by atoms with van der Waals surface area (Å²) in [4.78, 5) is 11.1. The van der Waals surface area contributed by atoms with Gasteiger partial charge in [0, 0.05) is 5.56 Å². The zero-order valence-corrected chi connectivity index (χ0v) is 8.79. The monoisotopic (exact) mass is 211 g/mol. The first-order chi connectivity index (χ1) is 7.15. The highest BCUT2D eigenvalue weighted by atomic mass is 19.1. The Balaban J connectivity index is 2.65. The molecule has 15 heavy (non-hydrogen) atoms. The van der Waals surface area contributed by atoms with E-state index >= 15 is 0 Å². The third kappa shape index (κ3) is 3.23. The molecule has 1 N–H and O–H groups in total. The average Bonchev–Trinajstić information content (AvgIpc) is 2.18. The van der Waals surface area contributed by atoms with Crippen molar-refractivity contribution < 1.29 is 13.9 Å². The van der Waals surface area contributed by atoms with Gasteiger partial charge in [-0.2, -0.15) is 0 Å². The van der Waals surface area contributed by atoms with Crippen LogP contribution in [0.15, 0.2) is 24.3 Å². The number of alkyl carbamates (subject to hydrolysis) is 1. The molecule has 1 aromatic carbocycles. The fourth-order valence-corrected chi connectivity index (χ4v) is 1.25. The first kappa shape index (κ1) is 11.5. The molecule has 1 amide bonds. The lowest BCUT2D eigenvalue weighted by molar-refractivity contribution is 0.148. The van der Waals surface area contributed by atoms with Crippen LogP contribution in [-0.2, 0) is 4.74 Å². The quantitative estimate of drug-likeness (QED) is 0.834. The second-order valence-corrected chi connectivity index (χ2v) is 3.11. The van der Waals surface area contributed by atoms with E-state index in [1.807, 2.05) is 0 Å². The molecule has 0 aliphatic heterocycles. The van der Waals surface area contributed by atoms with Gasteiger partial charge in [0.25, 0.3) is 0 Å². The normalized spacial score (nSPS) is 11.9. The molecule has 0 spiro atoms. The highest BCUT2D eigenvalue weighted by Gasteiger charge is 2.12. The lowest BCUT2D eigenvalue weighted by Crippen LogP contribution is -2.27. The first-order valence-corrected chi connectivity index (χ1v) is 4.83. The summed E-state index contributed by atoms with van der Waals surface area (Å²) in [7, 11) is 0. The van der Waals surface area contributed by atoms with Gasteiger partial charge in [-0.1, -0.05) is 18.2 Å². The Labute approximate surface area is 88.2 Å². The molecule has 0 heterocycles. The van der Waals surface area contributed by atoms with E-state index in [2.05, 4.69) is 5.32 Å². The molecule has 0 saturated carbocycles. The van der Waals surface area contributed by atoms with Gasteiger partial charge in [0.2, 0.25) is 0 Å². The van der Waals surface area contributed by atoms with Crippen LogP contribution < -0.4 is 5.32 Å². The lowest BCUT2D eigenvalue weighted by Gasteiger charge is -2.14. The number of hydrogen-bond acceptors (Lipinski definition) is 2. The molecule has 82 valence electrons. The predicted molar refractivity (Wildman–Crippen MR) is 55.0 cm³/mol. The molecule has 1 rings (SSSR count). The van der Waals surface area contributed by atoms with Gasteiger partial charge < -0.3 is 10.1 Å². The molecule has 0 fully saturated rings. The third-order valence-corrected chi connectivity index (χ3v) is 1.98. The Morgan fingerprint density at radius 3 is 2.80 bits per heavy atom. The number of halogens is 1. The molecule has 0 aliphatic rings. The van der Waals surface area contributed by atoms with Crippen LogP contribution in [0.3, 0.4) is 0 Å². The van der Waals surface area contributed by atoms with Crippen LogP contribution in [0.25, 0.3) is 0 Å². The van der Waals surface area contributed by atoms with Crippen LogP contribution in [0.2, 0.25) is 0 Å². The molecular weight excluding hydrogens is 197 g/mol. The molecule has 0 bridgehead atoms. The van der Waals surface area contributed by atoms with Crippen LogP contribution in [0.5, 0.6) is 0 Å². The molecule has 0 saturated heterocycles. The zero-order valence-electron chi connectivity index (χ0n) is 8.79. The van der Waals surface area contributed by atoms with Crippen molar-refractivity contribution in [1.29, 1.82) is 0 Å². The summed E-state index contributed by atoms with van der Waals surface area (Å²) in [5, 5.41) is 2.54. The van der Waals surface area contributed by atoms with E-state index in [9.17, 15) is 9.18 Å². The van der Waals surface area contributed by atoms with E-state index in [0.717, 1.165) is 0 Å². The van der Waals surface area contributed by atoms with Gasteiger partial charge >= 0.3 is 6.09 Å². The van der Waals surface area contributed by atoms with Crippen molar-refractivity contribution >= 4 is 6.09 Å².